The predicted molar refractivity (Wildman–Crippen MR) is 30.2 cm³/mol. The molecule has 0 aromatic rings. The molecule has 0 rings (SSSR count). The van der Waals surface area contributed by atoms with Crippen LogP contribution in [0.3, 0.4) is 0 Å². The van der Waals surface area contributed by atoms with Gasteiger partial charge in [-0.15, -0.1) is 5.92 Å². The minimum atomic E-state index is -1.06. The summed E-state index contributed by atoms with van der Waals surface area (Å²) in [7, 11) is 0. The van der Waals surface area contributed by atoms with Gasteiger partial charge in [-0.25, -0.2) is 4.79 Å². The van der Waals surface area contributed by atoms with Gasteiger partial charge in [0.1, 0.15) is 5.57 Å². The van der Waals surface area contributed by atoms with Gasteiger partial charge in [0.05, 0.1) is 0 Å². The highest BCUT2D eigenvalue weighted by molar-refractivity contribution is 5.90. The van der Waals surface area contributed by atoms with Crippen molar-refractivity contribution < 1.29 is 9.90 Å². The molecular weight excluding hydrogens is 104 g/mol. The molecule has 0 atom stereocenters. The van der Waals surface area contributed by atoms with Crippen LogP contribution in [0.25, 0.3) is 0 Å². The lowest BCUT2D eigenvalue weighted by Crippen LogP contribution is -1.94. The summed E-state index contributed by atoms with van der Waals surface area (Å²) < 4.78 is 0. The van der Waals surface area contributed by atoms with Crippen molar-refractivity contribution in [2.45, 2.75) is 6.92 Å². The van der Waals surface area contributed by atoms with Crippen LogP contribution in [0.5, 0.6) is 0 Å². The highest BCUT2D eigenvalue weighted by Crippen LogP contribution is 1.83. The van der Waals surface area contributed by atoms with E-state index in [1.807, 2.05) is 0 Å². The van der Waals surface area contributed by atoms with Gasteiger partial charge in [0.25, 0.3) is 0 Å². The summed E-state index contributed by atoms with van der Waals surface area (Å²) in [5.74, 6) is 3.66. The first-order valence-corrected chi connectivity index (χ1v) is 2.03. The first kappa shape index (κ1) is 6.77. The monoisotopic (exact) mass is 110 g/mol. The van der Waals surface area contributed by atoms with Crippen LogP contribution in [-0.4, -0.2) is 11.1 Å². The molecule has 0 aromatic heterocycles. The molecule has 0 unspecified atom stereocenters. The second-order valence-corrected chi connectivity index (χ2v) is 1.16. The molecule has 1 N–H and O–H groups in total. The first-order valence-electron chi connectivity index (χ1n) is 2.03. The van der Waals surface area contributed by atoms with Crippen molar-refractivity contribution in [3.8, 4) is 11.8 Å². The number of carbonyl (C=O) groups is 1. The summed E-state index contributed by atoms with van der Waals surface area (Å²) >= 11 is 0. The van der Waals surface area contributed by atoms with Crippen molar-refractivity contribution in [1.29, 1.82) is 0 Å². The van der Waals surface area contributed by atoms with E-state index in [-0.39, 0.29) is 5.57 Å². The van der Waals surface area contributed by atoms with E-state index in [2.05, 4.69) is 18.4 Å². The van der Waals surface area contributed by atoms with E-state index in [0.29, 0.717) is 0 Å². The van der Waals surface area contributed by atoms with Gasteiger partial charge in [-0.2, -0.15) is 0 Å². The number of hydrogen-bond donors (Lipinski definition) is 1. The maximum atomic E-state index is 9.89. The zero-order valence-corrected chi connectivity index (χ0v) is 4.56. The van der Waals surface area contributed by atoms with E-state index < -0.39 is 5.97 Å². The van der Waals surface area contributed by atoms with Gasteiger partial charge in [-0.1, -0.05) is 12.5 Å². The third-order valence-electron chi connectivity index (χ3n) is 0.534. The number of aliphatic carboxylic acids is 1. The number of rotatable bonds is 1. The quantitative estimate of drug-likeness (QED) is 0.397. The van der Waals surface area contributed by atoms with Gasteiger partial charge >= 0.3 is 5.97 Å². The minimum Gasteiger partial charge on any atom is -0.477 e. The molecule has 8 heavy (non-hydrogen) atoms. The smallest absolute Gasteiger partial charge is 0.343 e. The van der Waals surface area contributed by atoms with Crippen molar-refractivity contribution in [2.75, 3.05) is 0 Å². The first-order chi connectivity index (χ1) is 3.68. The van der Waals surface area contributed by atoms with Gasteiger partial charge in [0.15, 0.2) is 0 Å². The maximum absolute atomic E-state index is 9.89. The average Bonchev–Trinajstić information content (AvgIpc) is 1.67. The van der Waals surface area contributed by atoms with Crippen LogP contribution >= 0.6 is 0 Å². The van der Waals surface area contributed by atoms with Crippen LogP contribution in [0.1, 0.15) is 6.92 Å². The Morgan fingerprint density at radius 3 is 2.38 bits per heavy atom. The van der Waals surface area contributed by atoms with E-state index in [1.54, 1.807) is 6.92 Å². The lowest BCUT2D eigenvalue weighted by Gasteiger charge is -1.80. The van der Waals surface area contributed by atoms with E-state index in [0.717, 1.165) is 0 Å². The zero-order chi connectivity index (χ0) is 6.57. The SMILES string of the molecule is C=C(C#CC)C(=O)O. The number of carboxylic acid groups (broad SMARTS) is 1. The molecule has 0 aliphatic rings. The molecule has 0 aliphatic carbocycles. The van der Waals surface area contributed by atoms with Gasteiger partial charge in [-0.05, 0) is 6.92 Å². The summed E-state index contributed by atoms with van der Waals surface area (Å²) in [6.45, 7) is 4.73. The Morgan fingerprint density at radius 2 is 2.25 bits per heavy atom. The Morgan fingerprint density at radius 1 is 1.75 bits per heavy atom. The predicted octanol–water partition coefficient (Wildman–Crippen LogP) is 0.650. The fourth-order valence-electron chi connectivity index (χ4n) is 0.204. The zero-order valence-electron chi connectivity index (χ0n) is 4.56. The van der Waals surface area contributed by atoms with E-state index in [4.69, 9.17) is 5.11 Å². The molecule has 0 saturated heterocycles. The largest absolute Gasteiger partial charge is 0.477 e. The molecule has 42 valence electrons. The van der Waals surface area contributed by atoms with E-state index >= 15 is 0 Å². The lowest BCUT2D eigenvalue weighted by molar-refractivity contribution is -0.132. The third-order valence-corrected chi connectivity index (χ3v) is 0.534. The van der Waals surface area contributed by atoms with Crippen molar-refractivity contribution in [3.63, 3.8) is 0 Å². The summed E-state index contributed by atoms with van der Waals surface area (Å²) in [4.78, 5) is 9.89. The molecule has 0 bridgehead atoms. The highest BCUT2D eigenvalue weighted by atomic mass is 16.4. The molecule has 0 fully saturated rings. The Balaban J connectivity index is 3.99. The number of hydrogen-bond acceptors (Lipinski definition) is 1. The molecule has 0 heterocycles. The Kier molecular flexibility index (Phi) is 2.42. The van der Waals surface area contributed by atoms with Crippen molar-refractivity contribution in [2.24, 2.45) is 0 Å². The summed E-state index contributed by atoms with van der Waals surface area (Å²) in [5.41, 5.74) is -0.0625. The molecule has 2 heteroatoms. The summed E-state index contributed by atoms with van der Waals surface area (Å²) in [6, 6.07) is 0. The van der Waals surface area contributed by atoms with Gasteiger partial charge in [0, 0.05) is 0 Å². The Bertz CT molecular complexity index is 169. The van der Waals surface area contributed by atoms with Gasteiger partial charge in [0.2, 0.25) is 0 Å². The average molecular weight is 110 g/mol. The topological polar surface area (TPSA) is 37.3 Å². The highest BCUT2D eigenvalue weighted by Gasteiger charge is 1.95. The molecule has 0 amide bonds. The van der Waals surface area contributed by atoms with Crippen LogP contribution in [-0.2, 0) is 4.79 Å². The maximum Gasteiger partial charge on any atom is 0.343 e. The fraction of sp³-hybridized carbons (Fsp3) is 0.167. The van der Waals surface area contributed by atoms with Crippen LogP contribution in [0.4, 0.5) is 0 Å². The second-order valence-electron chi connectivity index (χ2n) is 1.16. The van der Waals surface area contributed by atoms with Crippen molar-refractivity contribution >= 4 is 5.97 Å². The summed E-state index contributed by atoms with van der Waals surface area (Å²) in [6.07, 6.45) is 0. The van der Waals surface area contributed by atoms with Crippen LogP contribution < -0.4 is 0 Å². The molecule has 0 spiro atoms. The van der Waals surface area contributed by atoms with Crippen molar-refractivity contribution in [3.05, 3.63) is 12.2 Å². The third kappa shape index (κ3) is 2.04. The molecule has 0 radical (unpaired) electrons. The molecule has 0 aromatic carbocycles. The van der Waals surface area contributed by atoms with E-state index in [9.17, 15) is 4.79 Å². The fourth-order valence-corrected chi connectivity index (χ4v) is 0.204. The normalized spacial score (nSPS) is 6.62. The van der Waals surface area contributed by atoms with Crippen molar-refractivity contribution in [1.82, 2.24) is 0 Å². The molecular formula is C6H6O2. The summed E-state index contributed by atoms with van der Waals surface area (Å²) in [5, 5.41) is 8.11. The molecule has 0 aliphatic heterocycles. The Labute approximate surface area is 47.8 Å². The standard InChI is InChI=1S/C6H6O2/c1-3-4-5(2)6(7)8/h2H2,1H3,(H,7,8). The van der Waals surface area contributed by atoms with Gasteiger partial charge < -0.3 is 5.11 Å². The van der Waals surface area contributed by atoms with Crippen LogP contribution in [0.2, 0.25) is 0 Å². The van der Waals surface area contributed by atoms with Crippen LogP contribution in [0.15, 0.2) is 12.2 Å². The molecule has 0 saturated carbocycles. The minimum absolute atomic E-state index is 0.0625. The molecule has 2 nitrogen and oxygen atoms in total. The van der Waals surface area contributed by atoms with Crippen LogP contribution in [0, 0.1) is 11.8 Å². The van der Waals surface area contributed by atoms with Gasteiger partial charge in [-0.3, -0.25) is 0 Å². The Hall–Kier alpha value is -1.23. The second kappa shape index (κ2) is 2.86. The number of carboxylic acids is 1. The lowest BCUT2D eigenvalue weighted by atomic mass is 10.3. The van der Waals surface area contributed by atoms with E-state index in [1.165, 1.54) is 0 Å².